The number of hydrogen-bond donors (Lipinski definition) is 0. The van der Waals surface area contributed by atoms with Crippen LogP contribution in [0.3, 0.4) is 0 Å². The van der Waals surface area contributed by atoms with Gasteiger partial charge in [-0.25, -0.2) is 0 Å². The van der Waals surface area contributed by atoms with Crippen molar-refractivity contribution in [2.24, 2.45) is 10.8 Å². The summed E-state index contributed by atoms with van der Waals surface area (Å²) in [6.45, 7) is 2.98. The first-order valence-corrected chi connectivity index (χ1v) is 19.2. The van der Waals surface area contributed by atoms with Crippen LogP contribution < -0.4 is 0 Å². The molecule has 0 aliphatic carbocycles. The number of benzene rings is 6. The van der Waals surface area contributed by atoms with Gasteiger partial charge in [0.25, 0.3) is 0 Å². The van der Waals surface area contributed by atoms with Crippen LogP contribution in [0.1, 0.15) is 87.2 Å². The van der Waals surface area contributed by atoms with Crippen LogP contribution in [0, 0.1) is 43.5 Å². The van der Waals surface area contributed by atoms with Crippen molar-refractivity contribution in [1.29, 1.82) is 0 Å². The van der Waals surface area contributed by atoms with Crippen LogP contribution in [0.5, 0.6) is 0 Å². The van der Waals surface area contributed by atoms with E-state index in [1.807, 2.05) is 36.4 Å². The summed E-state index contributed by atoms with van der Waals surface area (Å²) in [5, 5.41) is 6.36. The standard InChI is InChI=1S/C31H26NO.C24H26N.Ir/c1-19-18-32-28(15-22(19)17-31(2,3)4)25-11-7-10-24-27-14-21-13-12-20-8-5-6-9-23(20)26(21)16-29(27)33-30(24)25;1-17-11-12-20(14-22(17)19-9-7-6-8-10-19)23-13-18(2)21(16-25-23)15-24(3,4)5;/h5-10,12-16,18H,17H2,1-4H3;6-11,13-14,16H,15H2,1-5H3;/q2*-1;/i1D3,17D2;1D3,2D3,15D2;. The fourth-order valence-corrected chi connectivity index (χ4v) is 7.13. The van der Waals surface area contributed by atoms with E-state index in [-0.39, 0.29) is 53.6 Å². The summed E-state index contributed by atoms with van der Waals surface area (Å²) < 4.78 is 113. The minimum absolute atomic E-state index is 0. The number of aromatic nitrogens is 2. The van der Waals surface area contributed by atoms with Crippen molar-refractivity contribution >= 4 is 43.5 Å². The number of hydrogen-bond acceptors (Lipinski definition) is 3. The summed E-state index contributed by atoms with van der Waals surface area (Å²) in [6, 6.07) is 41.6. The maximum absolute atomic E-state index is 8.85. The minimum Gasteiger partial charge on any atom is -0.501 e. The monoisotopic (exact) mass is 962 g/mol. The number of rotatable bonds is 5. The van der Waals surface area contributed by atoms with Gasteiger partial charge in [-0.3, -0.25) is 0 Å². The van der Waals surface area contributed by atoms with Crippen molar-refractivity contribution in [2.75, 3.05) is 0 Å². The first-order valence-electron chi connectivity index (χ1n) is 25.7. The smallest absolute Gasteiger partial charge is 0.121 e. The summed E-state index contributed by atoms with van der Waals surface area (Å²) in [4.78, 5) is 8.84. The van der Waals surface area contributed by atoms with Gasteiger partial charge in [-0.15, -0.1) is 47.5 Å². The fraction of sp³-hybridized carbons (Fsp3) is 0.236. The summed E-state index contributed by atoms with van der Waals surface area (Å²) in [6.07, 6.45) is -1.31. The van der Waals surface area contributed by atoms with E-state index >= 15 is 0 Å². The molecule has 0 aliphatic rings. The molecule has 6 aromatic carbocycles. The van der Waals surface area contributed by atoms with E-state index < -0.39 is 44.1 Å². The van der Waals surface area contributed by atoms with Gasteiger partial charge >= 0.3 is 0 Å². The number of furan rings is 1. The molecule has 0 atom stereocenters. The van der Waals surface area contributed by atoms with Gasteiger partial charge in [0.15, 0.2) is 0 Å². The number of fused-ring (bicyclic) bond motifs is 6. The summed E-state index contributed by atoms with van der Waals surface area (Å²) in [5.74, 6) is 0. The van der Waals surface area contributed by atoms with Gasteiger partial charge < -0.3 is 14.4 Å². The first-order chi connectivity index (χ1) is 32.9. The molecule has 3 heterocycles. The Labute approximate surface area is 381 Å². The molecule has 0 saturated carbocycles. The van der Waals surface area contributed by atoms with Gasteiger partial charge in [0.2, 0.25) is 0 Å². The molecule has 3 aromatic heterocycles. The predicted molar refractivity (Wildman–Crippen MR) is 245 cm³/mol. The average Bonchev–Trinajstić information content (AvgIpc) is 3.67. The Hall–Kier alpha value is -5.41. The topological polar surface area (TPSA) is 38.9 Å². The zero-order valence-electron chi connectivity index (χ0n) is 46.8. The summed E-state index contributed by atoms with van der Waals surface area (Å²) >= 11 is 0. The third-order valence-corrected chi connectivity index (χ3v) is 9.69. The first kappa shape index (κ1) is 28.1. The number of nitrogens with zero attached hydrogens (tertiary/aromatic N) is 2. The van der Waals surface area contributed by atoms with Crippen molar-refractivity contribution < 1.29 is 42.3 Å². The molecule has 0 N–H and O–H groups in total. The van der Waals surface area contributed by atoms with Crippen LogP contribution >= 0.6 is 0 Å². The summed E-state index contributed by atoms with van der Waals surface area (Å²) in [5.41, 5.74) is 2.53. The fourth-order valence-electron chi connectivity index (χ4n) is 7.13. The molecule has 0 spiro atoms. The third kappa shape index (κ3) is 9.10. The second kappa shape index (κ2) is 16.7. The Morgan fingerprint density at radius 2 is 1.32 bits per heavy atom. The predicted octanol–water partition coefficient (Wildman–Crippen LogP) is 15.1. The molecule has 0 amide bonds. The Bertz CT molecular complexity index is 3470. The van der Waals surface area contributed by atoms with Gasteiger partial charge in [-0.1, -0.05) is 155 Å². The molecule has 59 heavy (non-hydrogen) atoms. The molecule has 0 fully saturated rings. The summed E-state index contributed by atoms with van der Waals surface area (Å²) in [7, 11) is 0. The van der Waals surface area contributed by atoms with Crippen molar-refractivity contribution in [3.63, 3.8) is 0 Å². The van der Waals surface area contributed by atoms with Crippen molar-refractivity contribution in [1.82, 2.24) is 9.97 Å². The molecule has 0 aliphatic heterocycles. The molecule has 0 saturated heterocycles. The molecule has 9 rings (SSSR count). The molecular formula is C55H52IrN2O-2. The van der Waals surface area contributed by atoms with E-state index in [0.717, 1.165) is 37.9 Å². The van der Waals surface area contributed by atoms with Gasteiger partial charge in [-0.2, -0.15) is 0 Å². The number of aryl methyl sites for hydroxylation is 3. The zero-order chi connectivity index (χ0) is 51.9. The Morgan fingerprint density at radius 3 is 2.08 bits per heavy atom. The van der Waals surface area contributed by atoms with Crippen LogP contribution in [0.15, 0.2) is 132 Å². The van der Waals surface area contributed by atoms with E-state index in [0.29, 0.717) is 33.5 Å². The van der Waals surface area contributed by atoms with Gasteiger partial charge in [-0.05, 0) is 99.0 Å². The van der Waals surface area contributed by atoms with Crippen molar-refractivity contribution in [2.45, 2.75) is 74.8 Å². The Kier molecular flexibility index (Phi) is 7.95. The van der Waals surface area contributed by atoms with E-state index in [4.69, 9.17) is 22.2 Å². The second-order valence-electron chi connectivity index (χ2n) is 16.6. The van der Waals surface area contributed by atoms with Gasteiger partial charge in [0.05, 0.1) is 5.58 Å². The SMILES string of the molecule is [2H]C([2H])([2H])c1c[c-]c(-c2cc(C([2H])([2H])[2H])c(C([2H])([2H])C(C)(C)C)cn2)cc1-c1ccccc1.[2H]C([2H])([2H])c1cnc(-c2[c-]ccc3c2oc2cc4c(ccc5ccccc54)cc23)cc1C([2H])([2H])C(C)(C)C.[Ir]. The second-order valence-corrected chi connectivity index (χ2v) is 16.6. The maximum atomic E-state index is 8.85. The molecule has 4 heteroatoms. The van der Waals surface area contributed by atoms with Crippen LogP contribution in [-0.4, -0.2) is 9.97 Å². The largest absolute Gasteiger partial charge is 0.501 e. The molecule has 299 valence electrons. The van der Waals surface area contributed by atoms with Crippen molar-refractivity contribution in [3.05, 3.63) is 168 Å². The third-order valence-electron chi connectivity index (χ3n) is 9.69. The quantitative estimate of drug-likeness (QED) is 0.127. The molecule has 9 aromatic rings. The number of pyridine rings is 2. The van der Waals surface area contributed by atoms with Crippen LogP contribution in [0.25, 0.3) is 77.1 Å². The van der Waals surface area contributed by atoms with E-state index in [2.05, 4.69) is 58.5 Å². The molecule has 3 nitrogen and oxygen atoms in total. The van der Waals surface area contributed by atoms with Crippen molar-refractivity contribution in [3.8, 4) is 33.6 Å². The molecule has 0 bridgehead atoms. The van der Waals surface area contributed by atoms with E-state index in [9.17, 15) is 0 Å². The maximum Gasteiger partial charge on any atom is 0.121 e. The molecule has 1 radical (unpaired) electrons. The molecule has 0 unspecified atom stereocenters. The Morgan fingerprint density at radius 1 is 0.610 bits per heavy atom. The van der Waals surface area contributed by atoms with Crippen LogP contribution in [0.4, 0.5) is 0 Å². The zero-order valence-corrected chi connectivity index (χ0v) is 36.2. The normalized spacial score (nSPS) is 16.2. The average molecular weight is 962 g/mol. The van der Waals surface area contributed by atoms with E-state index in [1.165, 1.54) is 24.5 Å². The van der Waals surface area contributed by atoms with Gasteiger partial charge in [0, 0.05) is 55.7 Å². The van der Waals surface area contributed by atoms with Gasteiger partial charge in [0.1, 0.15) is 5.58 Å². The Balaban J connectivity index is 0.000000211. The minimum atomic E-state index is -2.56. The van der Waals surface area contributed by atoms with E-state index in [1.54, 1.807) is 71.9 Å². The van der Waals surface area contributed by atoms with Crippen LogP contribution in [0.2, 0.25) is 0 Å². The molecular weight excluding hydrogens is 897 g/mol. The van der Waals surface area contributed by atoms with Crippen LogP contribution in [-0.2, 0) is 32.9 Å².